The summed E-state index contributed by atoms with van der Waals surface area (Å²) in [5.41, 5.74) is 2.11. The molecular formula is C31H38O5. The molecule has 2 bridgehead atoms. The molecule has 5 atom stereocenters. The molecule has 0 unspecified atom stereocenters. The molecule has 0 saturated heterocycles. The van der Waals surface area contributed by atoms with Crippen LogP contribution in [0, 0.1) is 28.6 Å². The monoisotopic (exact) mass is 490 g/mol. The van der Waals surface area contributed by atoms with E-state index >= 15 is 0 Å². The molecular weight excluding hydrogens is 452 g/mol. The Bertz CT molecular complexity index is 1170. The zero-order chi connectivity index (χ0) is 25.7. The summed E-state index contributed by atoms with van der Waals surface area (Å²) >= 11 is 0. The molecule has 192 valence electrons. The average Bonchev–Trinajstić information content (AvgIpc) is 3.55. The molecule has 3 aliphatic rings. The Morgan fingerprint density at radius 1 is 1.11 bits per heavy atom. The van der Waals surface area contributed by atoms with E-state index in [9.17, 15) is 20.1 Å². The Balaban J connectivity index is 1.48. The van der Waals surface area contributed by atoms with E-state index in [1.165, 1.54) is 7.11 Å². The highest BCUT2D eigenvalue weighted by molar-refractivity contribution is 5.90. The highest BCUT2D eigenvalue weighted by Gasteiger charge is 2.81. The first-order valence-corrected chi connectivity index (χ1v) is 13.2. The molecule has 0 amide bonds. The third kappa shape index (κ3) is 3.36. The second-order valence-electron chi connectivity index (χ2n) is 11.3. The third-order valence-corrected chi connectivity index (χ3v) is 9.94. The number of Topliss-reactive ketones (excluding diaryl/α,β-unsaturated/α-hetero) is 1. The number of fused-ring (bicyclic) bond motifs is 2. The van der Waals surface area contributed by atoms with Crippen LogP contribution in [0.2, 0.25) is 0 Å². The number of rotatable bonds is 8. The molecule has 3 saturated carbocycles. The van der Waals surface area contributed by atoms with Crippen LogP contribution in [0.4, 0.5) is 0 Å². The normalized spacial score (nSPS) is 33.9. The van der Waals surface area contributed by atoms with Gasteiger partial charge in [-0.15, -0.1) is 0 Å². The SMILES string of the molecule is C=C1[C@@H]2[C@@H](CO)C[C@](C(=O)CCc3cccc(-c4cccc(O)c4)c3)([C@@]2(O)OC)[C@@]1(C)C1CCCC1. The Morgan fingerprint density at radius 3 is 2.42 bits per heavy atom. The van der Waals surface area contributed by atoms with E-state index in [1.54, 1.807) is 12.1 Å². The number of hydrogen-bond acceptors (Lipinski definition) is 5. The highest BCUT2D eigenvalue weighted by Crippen LogP contribution is 2.77. The highest BCUT2D eigenvalue weighted by atomic mass is 16.6. The van der Waals surface area contributed by atoms with Crippen LogP contribution >= 0.6 is 0 Å². The summed E-state index contributed by atoms with van der Waals surface area (Å²) in [7, 11) is 1.49. The summed E-state index contributed by atoms with van der Waals surface area (Å²) in [5.74, 6) is -1.85. The largest absolute Gasteiger partial charge is 0.508 e. The maximum atomic E-state index is 14.4. The molecule has 0 aromatic heterocycles. The van der Waals surface area contributed by atoms with Gasteiger partial charge in [-0.05, 0) is 66.3 Å². The lowest BCUT2D eigenvalue weighted by Crippen LogP contribution is -2.57. The Labute approximate surface area is 213 Å². The maximum Gasteiger partial charge on any atom is 0.185 e. The summed E-state index contributed by atoms with van der Waals surface area (Å²) in [6.07, 6.45) is 5.52. The minimum Gasteiger partial charge on any atom is -0.508 e. The minimum absolute atomic E-state index is 0.00334. The number of methoxy groups -OCH3 is 1. The fourth-order valence-corrected chi connectivity index (χ4v) is 8.20. The number of aryl methyl sites for hydroxylation is 1. The number of aromatic hydroxyl groups is 1. The molecule has 3 fully saturated rings. The van der Waals surface area contributed by atoms with E-state index in [0.29, 0.717) is 12.8 Å². The van der Waals surface area contributed by atoms with Crippen molar-refractivity contribution in [2.24, 2.45) is 28.6 Å². The van der Waals surface area contributed by atoms with Gasteiger partial charge in [0.05, 0.1) is 5.41 Å². The first kappa shape index (κ1) is 25.2. The summed E-state index contributed by atoms with van der Waals surface area (Å²) in [4.78, 5) is 14.4. The maximum absolute atomic E-state index is 14.4. The zero-order valence-corrected chi connectivity index (χ0v) is 21.4. The quantitative estimate of drug-likeness (QED) is 0.346. The number of ketones is 1. The fraction of sp³-hybridized carbons (Fsp3) is 0.516. The Morgan fingerprint density at radius 2 is 1.78 bits per heavy atom. The summed E-state index contributed by atoms with van der Waals surface area (Å²) in [6, 6.07) is 15.2. The van der Waals surface area contributed by atoms with Crippen LogP contribution in [-0.4, -0.2) is 40.6 Å². The van der Waals surface area contributed by atoms with Gasteiger partial charge < -0.3 is 20.1 Å². The van der Waals surface area contributed by atoms with Crippen LogP contribution in [-0.2, 0) is 16.0 Å². The van der Waals surface area contributed by atoms with Crippen molar-refractivity contribution in [2.45, 2.75) is 57.7 Å². The molecule has 0 heterocycles. The van der Waals surface area contributed by atoms with Crippen molar-refractivity contribution in [1.29, 1.82) is 0 Å². The van der Waals surface area contributed by atoms with Gasteiger partial charge in [0, 0.05) is 31.5 Å². The summed E-state index contributed by atoms with van der Waals surface area (Å²) in [6.45, 7) is 6.48. The molecule has 5 rings (SSSR count). The van der Waals surface area contributed by atoms with E-state index in [-0.39, 0.29) is 36.4 Å². The summed E-state index contributed by atoms with van der Waals surface area (Å²) < 4.78 is 5.85. The van der Waals surface area contributed by atoms with Gasteiger partial charge in [0.2, 0.25) is 0 Å². The number of aliphatic hydroxyl groups excluding tert-OH is 1. The molecule has 36 heavy (non-hydrogen) atoms. The van der Waals surface area contributed by atoms with Gasteiger partial charge in [0.15, 0.2) is 5.79 Å². The van der Waals surface area contributed by atoms with Crippen LogP contribution in [0.15, 0.2) is 60.7 Å². The van der Waals surface area contributed by atoms with Gasteiger partial charge in [-0.1, -0.05) is 68.3 Å². The number of carbonyl (C=O) groups excluding carboxylic acids is 1. The van der Waals surface area contributed by atoms with E-state index in [4.69, 9.17) is 4.74 Å². The molecule has 3 aliphatic carbocycles. The van der Waals surface area contributed by atoms with Crippen molar-refractivity contribution in [3.8, 4) is 16.9 Å². The van der Waals surface area contributed by atoms with Gasteiger partial charge in [-0.25, -0.2) is 0 Å². The van der Waals surface area contributed by atoms with Crippen LogP contribution in [0.5, 0.6) is 5.75 Å². The molecule has 2 aromatic carbocycles. The molecule has 5 heteroatoms. The van der Waals surface area contributed by atoms with Crippen LogP contribution in [0.25, 0.3) is 11.1 Å². The minimum atomic E-state index is -1.66. The fourth-order valence-electron chi connectivity index (χ4n) is 8.20. The van der Waals surface area contributed by atoms with Gasteiger partial charge in [0.25, 0.3) is 0 Å². The Hall–Kier alpha value is -2.47. The number of phenolic OH excluding ortho intramolecular Hbond substituents is 1. The van der Waals surface area contributed by atoms with Crippen LogP contribution < -0.4 is 0 Å². The first-order chi connectivity index (χ1) is 17.2. The van der Waals surface area contributed by atoms with E-state index < -0.39 is 22.5 Å². The lowest BCUT2D eigenvalue weighted by atomic mass is 9.52. The first-order valence-electron chi connectivity index (χ1n) is 13.2. The molecule has 3 N–H and O–H groups in total. The standard InChI is InChI=1S/C31H38O5/c1-20-28-24(19-32)18-30(31(28,35)36-3,29(20,2)25-11-4-5-12-25)27(34)15-14-21-8-6-9-22(16-21)23-10-7-13-26(33)17-23/h6-10,13,16-17,24-25,28,32-33,35H,1,4-5,11-12,14-15,18-19H2,2-3H3/t24-,28-,29-,30-,31+/m1/s1. The van der Waals surface area contributed by atoms with Crippen molar-refractivity contribution in [1.82, 2.24) is 0 Å². The van der Waals surface area contributed by atoms with Crippen molar-refractivity contribution >= 4 is 5.78 Å². The van der Waals surface area contributed by atoms with Crippen molar-refractivity contribution in [3.05, 3.63) is 66.2 Å². The molecule has 0 spiro atoms. The van der Waals surface area contributed by atoms with E-state index in [1.807, 2.05) is 30.3 Å². The van der Waals surface area contributed by atoms with Gasteiger partial charge in [-0.3, -0.25) is 4.79 Å². The average molecular weight is 491 g/mol. The van der Waals surface area contributed by atoms with Crippen molar-refractivity contribution < 1.29 is 24.9 Å². The number of hydrogen-bond donors (Lipinski definition) is 3. The predicted molar refractivity (Wildman–Crippen MR) is 139 cm³/mol. The number of aliphatic hydroxyl groups is 2. The second-order valence-corrected chi connectivity index (χ2v) is 11.3. The second kappa shape index (κ2) is 9.13. The van der Waals surface area contributed by atoms with Crippen LogP contribution in [0.3, 0.4) is 0 Å². The lowest BCUT2D eigenvalue weighted by Gasteiger charge is -2.51. The number of phenols is 1. The zero-order valence-electron chi connectivity index (χ0n) is 21.4. The van der Waals surface area contributed by atoms with Gasteiger partial charge in [0.1, 0.15) is 11.5 Å². The molecule has 5 nitrogen and oxygen atoms in total. The summed E-state index contributed by atoms with van der Waals surface area (Å²) in [5, 5.41) is 32.1. The van der Waals surface area contributed by atoms with Gasteiger partial charge in [-0.2, -0.15) is 0 Å². The molecule has 0 aliphatic heterocycles. The predicted octanol–water partition coefficient (Wildman–Crippen LogP) is 5.28. The van der Waals surface area contributed by atoms with Crippen LogP contribution in [0.1, 0.15) is 51.0 Å². The number of benzene rings is 2. The molecule has 0 radical (unpaired) electrons. The van der Waals surface area contributed by atoms with Crippen molar-refractivity contribution in [3.63, 3.8) is 0 Å². The molecule has 2 aromatic rings. The topological polar surface area (TPSA) is 87.0 Å². The lowest BCUT2D eigenvalue weighted by molar-refractivity contribution is -0.258. The number of carbonyl (C=O) groups is 1. The van der Waals surface area contributed by atoms with Gasteiger partial charge >= 0.3 is 0 Å². The third-order valence-electron chi connectivity index (χ3n) is 9.94. The van der Waals surface area contributed by atoms with E-state index in [0.717, 1.165) is 47.9 Å². The smallest absolute Gasteiger partial charge is 0.185 e. The van der Waals surface area contributed by atoms with E-state index in [2.05, 4.69) is 19.6 Å². The number of ether oxygens (including phenoxy) is 1. The Kier molecular flexibility index (Phi) is 6.39. The van der Waals surface area contributed by atoms with Crippen molar-refractivity contribution in [2.75, 3.05) is 13.7 Å².